The maximum absolute atomic E-state index is 13.5. The van der Waals surface area contributed by atoms with E-state index in [1.165, 1.54) is 26.0 Å². The van der Waals surface area contributed by atoms with Gasteiger partial charge >= 0.3 is 6.03 Å². The Morgan fingerprint density at radius 1 is 1.26 bits per heavy atom. The summed E-state index contributed by atoms with van der Waals surface area (Å²) in [5, 5.41) is 2.08. The number of halogens is 2. The molecule has 100 valence electrons. The van der Waals surface area contributed by atoms with Crippen molar-refractivity contribution < 1.29 is 18.8 Å². The Balaban J connectivity index is 2.48. The van der Waals surface area contributed by atoms with E-state index in [1.807, 2.05) is 0 Å². The zero-order valence-electron chi connectivity index (χ0n) is 10.2. The van der Waals surface area contributed by atoms with E-state index in [-0.39, 0.29) is 10.2 Å². The fourth-order valence-corrected chi connectivity index (χ4v) is 1.88. The highest BCUT2D eigenvalue weighted by Gasteiger charge is 2.47. The number of urea groups is 1. The third-order valence-electron chi connectivity index (χ3n) is 2.89. The molecule has 1 saturated heterocycles. The molecule has 1 aromatic rings. The number of amides is 4. The number of barbiturate groups is 1. The summed E-state index contributed by atoms with van der Waals surface area (Å²) in [6, 6.07) is 2.97. The van der Waals surface area contributed by atoms with Gasteiger partial charge in [-0.2, -0.15) is 0 Å². The van der Waals surface area contributed by atoms with Crippen LogP contribution < -0.4 is 10.2 Å². The van der Waals surface area contributed by atoms with Gasteiger partial charge in [0.15, 0.2) is 0 Å². The standard InChI is InChI=1S/C12H10BrFN2O3/c1-12(2)9(17)15-11(19)16(10(12)18)6-3-4-7(13)8(14)5-6/h3-5H,1-2H3,(H,15,17,19). The van der Waals surface area contributed by atoms with Crippen LogP contribution in [0.1, 0.15) is 13.8 Å². The zero-order valence-corrected chi connectivity index (χ0v) is 11.7. The lowest BCUT2D eigenvalue weighted by molar-refractivity contribution is -0.140. The molecule has 1 aliphatic heterocycles. The molecule has 0 saturated carbocycles. The van der Waals surface area contributed by atoms with E-state index in [2.05, 4.69) is 21.2 Å². The average Bonchev–Trinajstić information content (AvgIpc) is 2.32. The van der Waals surface area contributed by atoms with Gasteiger partial charge in [0, 0.05) is 0 Å². The SMILES string of the molecule is CC1(C)C(=O)NC(=O)N(c2ccc(Br)c(F)c2)C1=O. The molecule has 1 fully saturated rings. The quantitative estimate of drug-likeness (QED) is 0.803. The van der Waals surface area contributed by atoms with Crippen molar-refractivity contribution in [3.63, 3.8) is 0 Å². The molecule has 0 unspecified atom stereocenters. The van der Waals surface area contributed by atoms with Crippen LogP contribution in [0.25, 0.3) is 0 Å². The molecule has 19 heavy (non-hydrogen) atoms. The van der Waals surface area contributed by atoms with E-state index in [4.69, 9.17) is 0 Å². The number of carbonyl (C=O) groups is 3. The first-order valence-electron chi connectivity index (χ1n) is 5.40. The number of hydrogen-bond acceptors (Lipinski definition) is 3. The molecule has 0 aromatic heterocycles. The monoisotopic (exact) mass is 328 g/mol. The van der Waals surface area contributed by atoms with Crippen LogP contribution in [0.4, 0.5) is 14.9 Å². The van der Waals surface area contributed by atoms with Gasteiger partial charge in [-0.25, -0.2) is 14.1 Å². The number of imide groups is 2. The second kappa shape index (κ2) is 4.41. The number of nitrogens with one attached hydrogen (secondary N) is 1. The van der Waals surface area contributed by atoms with Crippen LogP contribution >= 0.6 is 15.9 Å². The van der Waals surface area contributed by atoms with Crippen molar-refractivity contribution in [1.82, 2.24) is 5.32 Å². The number of anilines is 1. The molecule has 1 heterocycles. The molecule has 2 rings (SSSR count). The largest absolute Gasteiger partial charge is 0.335 e. The van der Waals surface area contributed by atoms with Gasteiger partial charge in [-0.3, -0.25) is 14.9 Å². The van der Waals surface area contributed by atoms with Gasteiger partial charge in [0.1, 0.15) is 11.2 Å². The van der Waals surface area contributed by atoms with Gasteiger partial charge in [0.05, 0.1) is 10.2 Å². The summed E-state index contributed by atoms with van der Waals surface area (Å²) in [5.41, 5.74) is -1.30. The second-order valence-corrected chi connectivity index (χ2v) is 5.48. The Labute approximate surface area is 116 Å². The minimum atomic E-state index is -1.38. The molecular formula is C12H10BrFN2O3. The Kier molecular flexibility index (Phi) is 3.17. The van der Waals surface area contributed by atoms with Gasteiger partial charge in [0.25, 0.3) is 0 Å². The van der Waals surface area contributed by atoms with Gasteiger partial charge in [-0.1, -0.05) is 0 Å². The molecule has 1 N–H and O–H groups in total. The third-order valence-corrected chi connectivity index (χ3v) is 3.53. The van der Waals surface area contributed by atoms with E-state index in [0.29, 0.717) is 0 Å². The summed E-state index contributed by atoms with van der Waals surface area (Å²) in [5.74, 6) is -1.97. The Morgan fingerprint density at radius 2 is 1.89 bits per heavy atom. The Hall–Kier alpha value is -1.76. The maximum Gasteiger partial charge on any atom is 0.335 e. The first-order valence-corrected chi connectivity index (χ1v) is 6.19. The number of nitrogens with zero attached hydrogens (tertiary/aromatic N) is 1. The highest BCUT2D eigenvalue weighted by Crippen LogP contribution is 2.29. The summed E-state index contributed by atoms with van der Waals surface area (Å²) in [7, 11) is 0. The number of hydrogen-bond donors (Lipinski definition) is 1. The van der Waals surface area contributed by atoms with Gasteiger partial charge < -0.3 is 0 Å². The predicted octanol–water partition coefficient (Wildman–Crippen LogP) is 2.20. The second-order valence-electron chi connectivity index (χ2n) is 4.62. The number of rotatable bonds is 1. The van der Waals surface area contributed by atoms with Crippen molar-refractivity contribution >= 4 is 39.5 Å². The molecule has 0 spiro atoms. The maximum atomic E-state index is 13.5. The van der Waals surface area contributed by atoms with Crippen LogP contribution in [0.15, 0.2) is 22.7 Å². The molecule has 0 aliphatic carbocycles. The first-order chi connectivity index (χ1) is 8.75. The van der Waals surface area contributed by atoms with Crippen LogP contribution in [0.5, 0.6) is 0 Å². The van der Waals surface area contributed by atoms with Crippen molar-refractivity contribution in [2.45, 2.75) is 13.8 Å². The first kappa shape index (κ1) is 13.7. The lowest BCUT2D eigenvalue weighted by atomic mass is 9.88. The smallest absolute Gasteiger partial charge is 0.276 e. The van der Waals surface area contributed by atoms with Crippen molar-refractivity contribution in [2.75, 3.05) is 4.90 Å². The van der Waals surface area contributed by atoms with Gasteiger partial charge in [-0.05, 0) is 48.0 Å². The minimum Gasteiger partial charge on any atom is -0.276 e. The minimum absolute atomic E-state index is 0.0729. The van der Waals surface area contributed by atoms with Crippen molar-refractivity contribution in [3.05, 3.63) is 28.5 Å². The van der Waals surface area contributed by atoms with E-state index >= 15 is 0 Å². The van der Waals surface area contributed by atoms with Crippen molar-refractivity contribution in [1.29, 1.82) is 0 Å². The van der Waals surface area contributed by atoms with E-state index < -0.39 is 29.1 Å². The topological polar surface area (TPSA) is 66.5 Å². The fourth-order valence-electron chi connectivity index (χ4n) is 1.64. The van der Waals surface area contributed by atoms with Gasteiger partial charge in [-0.15, -0.1) is 0 Å². The molecule has 7 heteroatoms. The summed E-state index contributed by atoms with van der Waals surface area (Å²) in [4.78, 5) is 36.2. The molecule has 0 atom stereocenters. The molecule has 5 nitrogen and oxygen atoms in total. The highest BCUT2D eigenvalue weighted by molar-refractivity contribution is 9.10. The number of carbonyl (C=O) groups excluding carboxylic acids is 3. The molecule has 1 aliphatic rings. The Bertz CT molecular complexity index is 601. The fraction of sp³-hybridized carbons (Fsp3) is 0.250. The summed E-state index contributed by atoms with van der Waals surface area (Å²) >= 11 is 2.98. The van der Waals surface area contributed by atoms with Crippen LogP contribution in [0, 0.1) is 11.2 Å². The number of benzene rings is 1. The lowest BCUT2D eigenvalue weighted by Crippen LogP contribution is -2.62. The predicted molar refractivity (Wildman–Crippen MR) is 68.9 cm³/mol. The molecule has 1 aromatic carbocycles. The lowest BCUT2D eigenvalue weighted by Gasteiger charge is -2.34. The van der Waals surface area contributed by atoms with Crippen molar-refractivity contribution in [2.24, 2.45) is 5.41 Å². The summed E-state index contributed by atoms with van der Waals surface area (Å²) < 4.78 is 13.7. The Morgan fingerprint density at radius 3 is 2.47 bits per heavy atom. The summed E-state index contributed by atoms with van der Waals surface area (Å²) in [6.07, 6.45) is 0. The van der Waals surface area contributed by atoms with Crippen molar-refractivity contribution in [3.8, 4) is 0 Å². The van der Waals surface area contributed by atoms with Crippen LogP contribution in [0.2, 0.25) is 0 Å². The molecule has 0 radical (unpaired) electrons. The van der Waals surface area contributed by atoms with E-state index in [1.54, 1.807) is 0 Å². The molecular weight excluding hydrogens is 319 g/mol. The van der Waals surface area contributed by atoms with E-state index in [0.717, 1.165) is 11.0 Å². The normalized spacial score (nSPS) is 18.5. The van der Waals surface area contributed by atoms with Crippen LogP contribution in [-0.4, -0.2) is 17.8 Å². The highest BCUT2D eigenvalue weighted by atomic mass is 79.9. The van der Waals surface area contributed by atoms with Crippen LogP contribution in [-0.2, 0) is 9.59 Å². The van der Waals surface area contributed by atoms with Gasteiger partial charge in [0.2, 0.25) is 11.8 Å². The molecule has 0 bridgehead atoms. The average molecular weight is 329 g/mol. The van der Waals surface area contributed by atoms with E-state index in [9.17, 15) is 18.8 Å². The van der Waals surface area contributed by atoms with Crippen LogP contribution in [0.3, 0.4) is 0 Å². The third kappa shape index (κ3) is 2.14. The zero-order chi connectivity index (χ0) is 14.4. The molecule has 4 amide bonds. The summed E-state index contributed by atoms with van der Waals surface area (Å²) in [6.45, 7) is 2.80.